The minimum absolute atomic E-state index is 0.00691. The van der Waals surface area contributed by atoms with E-state index in [-0.39, 0.29) is 23.3 Å². The van der Waals surface area contributed by atoms with Crippen LogP contribution < -0.4 is 5.32 Å². The fourth-order valence-electron chi connectivity index (χ4n) is 2.16. The van der Waals surface area contributed by atoms with Gasteiger partial charge in [-0.05, 0) is 6.42 Å². The van der Waals surface area contributed by atoms with Gasteiger partial charge in [0, 0.05) is 24.3 Å². The van der Waals surface area contributed by atoms with Gasteiger partial charge in [-0.15, -0.1) is 11.3 Å². The standard InChI is InChI=1S/C13H20N2O3S2/c1-9(2)13-15-11(7-19-13)3-5-14-12(16)10-4-6-20(17,18)8-10/h7,9-10H,3-6,8H2,1-2H3,(H,14,16). The van der Waals surface area contributed by atoms with Crippen LogP contribution in [0.2, 0.25) is 0 Å². The number of rotatable bonds is 5. The highest BCUT2D eigenvalue weighted by Crippen LogP contribution is 2.20. The molecule has 1 aromatic heterocycles. The maximum absolute atomic E-state index is 11.8. The number of nitrogens with zero attached hydrogens (tertiary/aromatic N) is 1. The first-order valence-corrected chi connectivity index (χ1v) is 9.50. The first-order valence-electron chi connectivity index (χ1n) is 6.80. The number of sulfone groups is 1. The summed E-state index contributed by atoms with van der Waals surface area (Å²) < 4.78 is 22.6. The highest BCUT2D eigenvalue weighted by atomic mass is 32.2. The molecule has 0 aromatic carbocycles. The molecule has 1 aromatic rings. The van der Waals surface area contributed by atoms with Gasteiger partial charge >= 0.3 is 0 Å². The molecule has 2 heterocycles. The van der Waals surface area contributed by atoms with Crippen LogP contribution in [-0.2, 0) is 21.1 Å². The summed E-state index contributed by atoms with van der Waals surface area (Å²) in [6.07, 6.45) is 1.14. The predicted octanol–water partition coefficient (Wildman–Crippen LogP) is 1.36. The summed E-state index contributed by atoms with van der Waals surface area (Å²) in [5, 5.41) is 5.93. The van der Waals surface area contributed by atoms with Crippen molar-refractivity contribution in [3.8, 4) is 0 Å². The summed E-state index contributed by atoms with van der Waals surface area (Å²) in [7, 11) is -3.00. The highest BCUT2D eigenvalue weighted by Gasteiger charge is 2.32. The van der Waals surface area contributed by atoms with Gasteiger partial charge in [0.2, 0.25) is 5.91 Å². The third-order valence-corrected chi connectivity index (χ3v) is 6.31. The van der Waals surface area contributed by atoms with E-state index >= 15 is 0 Å². The number of hydrogen-bond donors (Lipinski definition) is 1. The maximum atomic E-state index is 11.8. The van der Waals surface area contributed by atoms with Gasteiger partial charge in [-0.1, -0.05) is 13.8 Å². The molecule has 1 aliphatic heterocycles. The summed E-state index contributed by atoms with van der Waals surface area (Å²) in [6.45, 7) is 4.71. The molecule has 1 aliphatic rings. The molecule has 1 amide bonds. The van der Waals surface area contributed by atoms with E-state index in [9.17, 15) is 13.2 Å². The van der Waals surface area contributed by atoms with E-state index in [1.807, 2.05) is 5.38 Å². The Hall–Kier alpha value is -0.950. The van der Waals surface area contributed by atoms with Gasteiger partial charge in [-0.25, -0.2) is 13.4 Å². The van der Waals surface area contributed by atoms with E-state index in [1.54, 1.807) is 11.3 Å². The quantitative estimate of drug-likeness (QED) is 0.890. The molecule has 1 unspecified atom stereocenters. The van der Waals surface area contributed by atoms with Crippen molar-refractivity contribution in [1.29, 1.82) is 0 Å². The molecular weight excluding hydrogens is 296 g/mol. The van der Waals surface area contributed by atoms with Crippen molar-refractivity contribution in [2.24, 2.45) is 5.92 Å². The van der Waals surface area contributed by atoms with Gasteiger partial charge in [0.1, 0.15) is 0 Å². The van der Waals surface area contributed by atoms with Crippen LogP contribution in [0.15, 0.2) is 5.38 Å². The average molecular weight is 316 g/mol. The van der Waals surface area contributed by atoms with Crippen LogP contribution >= 0.6 is 11.3 Å². The Morgan fingerprint density at radius 3 is 2.85 bits per heavy atom. The molecule has 1 fully saturated rings. The minimum atomic E-state index is -3.00. The van der Waals surface area contributed by atoms with Crippen molar-refractivity contribution >= 4 is 27.1 Å². The molecular formula is C13H20N2O3S2. The number of aromatic nitrogens is 1. The number of carbonyl (C=O) groups excluding carboxylic acids is 1. The Kier molecular flexibility index (Phi) is 4.80. The zero-order valence-corrected chi connectivity index (χ0v) is 13.4. The predicted molar refractivity (Wildman–Crippen MR) is 79.7 cm³/mol. The molecule has 1 saturated heterocycles. The lowest BCUT2D eigenvalue weighted by Gasteiger charge is -2.08. The molecule has 7 heteroatoms. The molecule has 0 bridgehead atoms. The molecule has 20 heavy (non-hydrogen) atoms. The zero-order valence-electron chi connectivity index (χ0n) is 11.8. The van der Waals surface area contributed by atoms with Crippen LogP contribution in [0.4, 0.5) is 0 Å². The molecule has 0 saturated carbocycles. The first-order chi connectivity index (χ1) is 9.37. The summed E-state index contributed by atoms with van der Waals surface area (Å²) >= 11 is 1.64. The fourth-order valence-corrected chi connectivity index (χ4v) is 4.77. The Morgan fingerprint density at radius 1 is 1.55 bits per heavy atom. The first kappa shape index (κ1) is 15.4. The summed E-state index contributed by atoms with van der Waals surface area (Å²) in [5.74, 6) is 0.0289. The maximum Gasteiger partial charge on any atom is 0.224 e. The van der Waals surface area contributed by atoms with Gasteiger partial charge in [0.15, 0.2) is 9.84 Å². The van der Waals surface area contributed by atoms with E-state index in [1.165, 1.54) is 0 Å². The lowest BCUT2D eigenvalue weighted by atomic mass is 10.1. The minimum Gasteiger partial charge on any atom is -0.355 e. The second-order valence-electron chi connectivity index (χ2n) is 5.47. The Labute approximate surface area is 123 Å². The highest BCUT2D eigenvalue weighted by molar-refractivity contribution is 7.91. The van der Waals surface area contributed by atoms with E-state index in [0.717, 1.165) is 10.7 Å². The largest absolute Gasteiger partial charge is 0.355 e. The van der Waals surface area contributed by atoms with Crippen molar-refractivity contribution < 1.29 is 13.2 Å². The molecule has 1 atom stereocenters. The molecule has 2 rings (SSSR count). The van der Waals surface area contributed by atoms with Crippen molar-refractivity contribution in [3.05, 3.63) is 16.1 Å². The summed E-state index contributed by atoms with van der Waals surface area (Å²) in [5.41, 5.74) is 0.984. The van der Waals surface area contributed by atoms with Crippen LogP contribution in [0.3, 0.4) is 0 Å². The topological polar surface area (TPSA) is 76.1 Å². The van der Waals surface area contributed by atoms with Gasteiger partial charge in [-0.3, -0.25) is 4.79 Å². The number of thiazole rings is 1. The van der Waals surface area contributed by atoms with Gasteiger partial charge < -0.3 is 5.32 Å². The van der Waals surface area contributed by atoms with Crippen LogP contribution in [0.25, 0.3) is 0 Å². The van der Waals surface area contributed by atoms with Crippen molar-refractivity contribution in [3.63, 3.8) is 0 Å². The summed E-state index contributed by atoms with van der Waals surface area (Å²) in [4.78, 5) is 16.3. The van der Waals surface area contributed by atoms with E-state index in [2.05, 4.69) is 24.1 Å². The molecule has 0 aliphatic carbocycles. The van der Waals surface area contributed by atoms with Gasteiger partial charge in [0.25, 0.3) is 0 Å². The van der Waals surface area contributed by atoms with Gasteiger partial charge in [0.05, 0.1) is 28.1 Å². The Bertz CT molecular complexity index is 578. The molecule has 0 spiro atoms. The molecule has 0 radical (unpaired) electrons. The van der Waals surface area contributed by atoms with E-state index in [0.29, 0.717) is 25.3 Å². The van der Waals surface area contributed by atoms with Crippen LogP contribution in [0.5, 0.6) is 0 Å². The van der Waals surface area contributed by atoms with Crippen LogP contribution in [0.1, 0.15) is 36.9 Å². The Balaban J connectivity index is 1.77. The molecule has 112 valence electrons. The van der Waals surface area contributed by atoms with Gasteiger partial charge in [-0.2, -0.15) is 0 Å². The number of carbonyl (C=O) groups is 1. The summed E-state index contributed by atoms with van der Waals surface area (Å²) in [6, 6.07) is 0. The smallest absolute Gasteiger partial charge is 0.224 e. The molecule has 1 N–H and O–H groups in total. The van der Waals surface area contributed by atoms with E-state index in [4.69, 9.17) is 0 Å². The lowest BCUT2D eigenvalue weighted by molar-refractivity contribution is -0.124. The van der Waals surface area contributed by atoms with Crippen LogP contribution in [-0.4, -0.2) is 37.4 Å². The van der Waals surface area contributed by atoms with E-state index < -0.39 is 9.84 Å². The number of nitrogens with one attached hydrogen (secondary N) is 1. The number of amides is 1. The lowest BCUT2D eigenvalue weighted by Crippen LogP contribution is -2.32. The monoisotopic (exact) mass is 316 g/mol. The second-order valence-corrected chi connectivity index (χ2v) is 8.59. The average Bonchev–Trinajstić information content (AvgIpc) is 2.95. The number of hydrogen-bond acceptors (Lipinski definition) is 5. The van der Waals surface area contributed by atoms with Crippen molar-refractivity contribution in [2.75, 3.05) is 18.1 Å². The van der Waals surface area contributed by atoms with Crippen LogP contribution in [0, 0.1) is 5.92 Å². The Morgan fingerprint density at radius 2 is 2.30 bits per heavy atom. The SMILES string of the molecule is CC(C)c1nc(CCNC(=O)C2CCS(=O)(=O)C2)cs1. The third-order valence-electron chi connectivity index (χ3n) is 3.35. The normalized spacial score (nSPS) is 21.2. The zero-order chi connectivity index (χ0) is 14.8. The van der Waals surface area contributed by atoms with Crippen molar-refractivity contribution in [2.45, 2.75) is 32.6 Å². The fraction of sp³-hybridized carbons (Fsp3) is 0.692. The molecule has 5 nitrogen and oxygen atoms in total. The third kappa shape index (κ3) is 4.02. The second kappa shape index (κ2) is 6.22. The van der Waals surface area contributed by atoms with Crippen molar-refractivity contribution in [1.82, 2.24) is 10.3 Å².